The molecule has 0 saturated carbocycles. The van der Waals surface area contributed by atoms with Crippen LogP contribution in [0.1, 0.15) is 15.9 Å². The number of amides is 1. The maximum atomic E-state index is 12.6. The molecule has 3 rings (SSSR count). The Balaban J connectivity index is 1.68. The van der Waals surface area contributed by atoms with Crippen molar-refractivity contribution >= 4 is 35.0 Å². The average molecular weight is 414 g/mol. The van der Waals surface area contributed by atoms with Crippen LogP contribution >= 0.6 is 23.4 Å². The molecule has 0 aromatic heterocycles. The molecule has 0 aliphatic heterocycles. The molecule has 0 bridgehead atoms. The van der Waals surface area contributed by atoms with E-state index in [2.05, 4.69) is 17.4 Å². The summed E-state index contributed by atoms with van der Waals surface area (Å²) in [6.45, 7) is 0. The summed E-state index contributed by atoms with van der Waals surface area (Å²) in [7, 11) is 3.04. The van der Waals surface area contributed by atoms with Gasteiger partial charge in [0.05, 0.1) is 24.9 Å². The van der Waals surface area contributed by atoms with Crippen molar-refractivity contribution in [3.8, 4) is 11.5 Å². The first-order chi connectivity index (χ1) is 13.6. The van der Waals surface area contributed by atoms with E-state index in [4.69, 9.17) is 21.1 Å². The summed E-state index contributed by atoms with van der Waals surface area (Å²) in [5.74, 6) is 1.54. The minimum Gasteiger partial charge on any atom is -0.495 e. The van der Waals surface area contributed by atoms with Crippen LogP contribution in [0.5, 0.6) is 11.5 Å². The summed E-state index contributed by atoms with van der Waals surface area (Å²) in [5, 5.41) is 3.26. The number of halogens is 1. The number of rotatable bonds is 7. The van der Waals surface area contributed by atoms with Crippen molar-refractivity contribution < 1.29 is 14.3 Å². The Morgan fingerprint density at radius 2 is 1.64 bits per heavy atom. The van der Waals surface area contributed by atoms with Gasteiger partial charge >= 0.3 is 0 Å². The highest BCUT2D eigenvalue weighted by atomic mass is 35.5. The summed E-state index contributed by atoms with van der Waals surface area (Å²) >= 11 is 7.86. The summed E-state index contributed by atoms with van der Waals surface area (Å²) < 4.78 is 10.5. The lowest BCUT2D eigenvalue weighted by Crippen LogP contribution is -2.12. The van der Waals surface area contributed by atoms with Crippen LogP contribution in [0, 0.1) is 0 Å². The van der Waals surface area contributed by atoms with E-state index in [0.717, 1.165) is 11.3 Å². The van der Waals surface area contributed by atoms with Crippen molar-refractivity contribution in [3.05, 3.63) is 82.9 Å². The zero-order valence-electron chi connectivity index (χ0n) is 15.6. The van der Waals surface area contributed by atoms with Gasteiger partial charge in [0.2, 0.25) is 0 Å². The normalized spacial score (nSPS) is 10.4. The van der Waals surface area contributed by atoms with Crippen LogP contribution < -0.4 is 14.8 Å². The van der Waals surface area contributed by atoms with Crippen molar-refractivity contribution in [3.63, 3.8) is 0 Å². The van der Waals surface area contributed by atoms with E-state index in [1.54, 1.807) is 23.9 Å². The highest BCUT2D eigenvalue weighted by Crippen LogP contribution is 2.36. The second kappa shape index (κ2) is 9.53. The first kappa shape index (κ1) is 20.1. The Hall–Kier alpha value is -2.63. The minimum atomic E-state index is -0.232. The third-order valence-electron chi connectivity index (χ3n) is 4.09. The summed E-state index contributed by atoms with van der Waals surface area (Å²) in [5.41, 5.74) is 2.21. The standard InChI is InChI=1S/C22H20ClNO3S/c1-26-20-13-19(21(27-2)12-18(20)23)24-22(25)16-10-8-15(9-11-16)14-28-17-6-4-3-5-7-17/h3-13H,14H2,1-2H3,(H,24,25). The van der Waals surface area contributed by atoms with Gasteiger partial charge in [-0.3, -0.25) is 4.79 Å². The van der Waals surface area contributed by atoms with E-state index in [9.17, 15) is 4.79 Å². The molecule has 3 aromatic rings. The van der Waals surface area contributed by atoms with Crippen LogP contribution in [-0.4, -0.2) is 20.1 Å². The van der Waals surface area contributed by atoms with Crippen LogP contribution in [-0.2, 0) is 5.75 Å². The number of benzene rings is 3. The fourth-order valence-electron chi connectivity index (χ4n) is 2.59. The first-order valence-corrected chi connectivity index (χ1v) is 9.96. The number of nitrogens with one attached hydrogen (secondary N) is 1. The van der Waals surface area contributed by atoms with Crippen molar-refractivity contribution in [1.29, 1.82) is 0 Å². The molecule has 28 heavy (non-hydrogen) atoms. The lowest BCUT2D eigenvalue weighted by Gasteiger charge is -2.13. The molecule has 1 amide bonds. The summed E-state index contributed by atoms with van der Waals surface area (Å²) in [6, 6.07) is 21.0. The molecule has 0 aliphatic rings. The second-order valence-corrected chi connectivity index (χ2v) is 7.40. The maximum absolute atomic E-state index is 12.6. The number of carbonyl (C=O) groups excluding carboxylic acids is 1. The Morgan fingerprint density at radius 3 is 2.29 bits per heavy atom. The number of hydrogen-bond acceptors (Lipinski definition) is 4. The van der Waals surface area contributed by atoms with Gasteiger partial charge in [-0.25, -0.2) is 0 Å². The molecule has 0 radical (unpaired) electrons. The third-order valence-corrected chi connectivity index (χ3v) is 5.47. The average Bonchev–Trinajstić information content (AvgIpc) is 2.74. The number of methoxy groups -OCH3 is 2. The van der Waals surface area contributed by atoms with Gasteiger partial charge in [-0.1, -0.05) is 41.9 Å². The summed E-state index contributed by atoms with van der Waals surface area (Å²) in [4.78, 5) is 13.8. The van der Waals surface area contributed by atoms with Gasteiger partial charge in [0, 0.05) is 28.3 Å². The molecule has 0 aliphatic carbocycles. The second-order valence-electron chi connectivity index (χ2n) is 5.94. The van der Waals surface area contributed by atoms with Crippen LogP contribution in [0.15, 0.2) is 71.6 Å². The SMILES string of the molecule is COc1cc(NC(=O)c2ccc(CSc3ccccc3)cc2)c(OC)cc1Cl. The predicted octanol–water partition coefficient (Wildman–Crippen LogP) is 5.90. The lowest BCUT2D eigenvalue weighted by molar-refractivity contribution is 0.102. The Bertz CT molecular complexity index is 946. The van der Waals surface area contributed by atoms with E-state index in [0.29, 0.717) is 27.8 Å². The van der Waals surface area contributed by atoms with Crippen molar-refractivity contribution in [2.75, 3.05) is 19.5 Å². The maximum Gasteiger partial charge on any atom is 0.255 e. The molecule has 1 N–H and O–H groups in total. The van der Waals surface area contributed by atoms with E-state index < -0.39 is 0 Å². The molecule has 0 atom stereocenters. The first-order valence-electron chi connectivity index (χ1n) is 8.60. The van der Waals surface area contributed by atoms with Gasteiger partial charge in [-0.15, -0.1) is 11.8 Å². The van der Waals surface area contributed by atoms with Gasteiger partial charge in [-0.05, 0) is 29.8 Å². The third kappa shape index (κ3) is 5.00. The zero-order chi connectivity index (χ0) is 19.9. The number of hydrogen-bond donors (Lipinski definition) is 1. The van der Waals surface area contributed by atoms with E-state index in [1.807, 2.05) is 42.5 Å². The Morgan fingerprint density at radius 1 is 0.964 bits per heavy atom. The number of carbonyl (C=O) groups is 1. The smallest absolute Gasteiger partial charge is 0.255 e. The monoisotopic (exact) mass is 413 g/mol. The Kier molecular flexibility index (Phi) is 6.85. The number of thioether (sulfide) groups is 1. The van der Waals surface area contributed by atoms with Crippen LogP contribution in [0.4, 0.5) is 5.69 Å². The minimum absolute atomic E-state index is 0.232. The lowest BCUT2D eigenvalue weighted by atomic mass is 10.1. The van der Waals surface area contributed by atoms with E-state index in [-0.39, 0.29) is 5.91 Å². The summed E-state index contributed by atoms with van der Waals surface area (Å²) in [6.07, 6.45) is 0. The fourth-order valence-corrected chi connectivity index (χ4v) is 3.69. The van der Waals surface area contributed by atoms with E-state index in [1.165, 1.54) is 19.1 Å². The largest absolute Gasteiger partial charge is 0.495 e. The zero-order valence-corrected chi connectivity index (χ0v) is 17.1. The molecule has 0 heterocycles. The molecule has 3 aromatic carbocycles. The van der Waals surface area contributed by atoms with Gasteiger partial charge in [0.15, 0.2) is 0 Å². The molecule has 0 unspecified atom stereocenters. The topological polar surface area (TPSA) is 47.6 Å². The highest BCUT2D eigenvalue weighted by Gasteiger charge is 2.14. The van der Waals surface area contributed by atoms with Crippen LogP contribution in [0.2, 0.25) is 5.02 Å². The molecule has 144 valence electrons. The van der Waals surface area contributed by atoms with Gasteiger partial charge in [0.25, 0.3) is 5.91 Å². The quantitative estimate of drug-likeness (QED) is 0.490. The van der Waals surface area contributed by atoms with Crippen LogP contribution in [0.25, 0.3) is 0 Å². The van der Waals surface area contributed by atoms with Crippen molar-refractivity contribution in [2.45, 2.75) is 10.6 Å². The van der Waals surface area contributed by atoms with Gasteiger partial charge in [-0.2, -0.15) is 0 Å². The van der Waals surface area contributed by atoms with Gasteiger partial charge in [0.1, 0.15) is 11.5 Å². The molecule has 0 fully saturated rings. The van der Waals surface area contributed by atoms with Gasteiger partial charge < -0.3 is 14.8 Å². The molecule has 0 spiro atoms. The highest BCUT2D eigenvalue weighted by molar-refractivity contribution is 7.98. The van der Waals surface area contributed by atoms with E-state index >= 15 is 0 Å². The van der Waals surface area contributed by atoms with Crippen molar-refractivity contribution in [2.24, 2.45) is 0 Å². The van der Waals surface area contributed by atoms with Crippen molar-refractivity contribution in [1.82, 2.24) is 0 Å². The molecule has 4 nitrogen and oxygen atoms in total. The van der Waals surface area contributed by atoms with Crippen LogP contribution in [0.3, 0.4) is 0 Å². The molecular weight excluding hydrogens is 394 g/mol. The fraction of sp³-hybridized carbons (Fsp3) is 0.136. The number of anilines is 1. The Labute approximate surface area is 173 Å². The predicted molar refractivity (Wildman–Crippen MR) is 115 cm³/mol. The number of ether oxygens (including phenoxy) is 2. The molecule has 6 heteroatoms. The molecular formula is C22H20ClNO3S. The molecule has 0 saturated heterocycles.